The summed E-state index contributed by atoms with van der Waals surface area (Å²) in [6, 6.07) is 10.3. The number of amides is 2. The second kappa shape index (κ2) is 10.8. The largest absolute Gasteiger partial charge is 0.481 e. The summed E-state index contributed by atoms with van der Waals surface area (Å²) in [6.45, 7) is 8.71. The minimum absolute atomic E-state index is 0.138. The van der Waals surface area contributed by atoms with Gasteiger partial charge in [-0.1, -0.05) is 51.1 Å². The fourth-order valence-corrected chi connectivity index (χ4v) is 2.89. The van der Waals surface area contributed by atoms with Gasteiger partial charge >= 0.3 is 12.0 Å². The normalized spacial score (nSPS) is 14.5. The van der Waals surface area contributed by atoms with E-state index in [1.54, 1.807) is 14.0 Å². The van der Waals surface area contributed by atoms with Crippen LogP contribution in [0.15, 0.2) is 30.3 Å². The molecule has 1 aromatic carbocycles. The van der Waals surface area contributed by atoms with Crippen molar-refractivity contribution < 1.29 is 14.7 Å². The second-order valence-corrected chi connectivity index (χ2v) is 7.43. The van der Waals surface area contributed by atoms with Gasteiger partial charge in [0.15, 0.2) is 0 Å². The quantitative estimate of drug-likeness (QED) is 0.596. The van der Waals surface area contributed by atoms with E-state index in [1.807, 2.05) is 18.2 Å². The lowest BCUT2D eigenvalue weighted by Gasteiger charge is -2.27. The van der Waals surface area contributed by atoms with E-state index in [1.165, 1.54) is 10.5 Å². The Kier molecular flexibility index (Phi) is 9.13. The van der Waals surface area contributed by atoms with Crippen LogP contribution in [0.2, 0.25) is 0 Å². The highest BCUT2D eigenvalue weighted by atomic mass is 16.4. The monoisotopic (exact) mass is 363 g/mol. The third-order valence-electron chi connectivity index (χ3n) is 4.36. The number of hydrogen-bond donors (Lipinski definition) is 3. The van der Waals surface area contributed by atoms with Crippen LogP contribution in [0.4, 0.5) is 4.79 Å². The third kappa shape index (κ3) is 7.87. The number of nitrogens with zero attached hydrogens (tertiary/aromatic N) is 1. The molecule has 1 rings (SSSR count). The number of carboxylic acid groups (broad SMARTS) is 1. The van der Waals surface area contributed by atoms with E-state index in [2.05, 4.69) is 43.5 Å². The standard InChI is InChI=1S/C20H33N3O3/c1-14(2)11-18(22-16(4)17-9-7-6-8-10-17)12-21-20(26)23(5)13-15(3)19(24)25/h6-10,14-16,18,22H,11-13H2,1-5H3,(H,21,26)(H,24,25). The maximum atomic E-state index is 12.2. The topological polar surface area (TPSA) is 81.7 Å². The molecule has 3 N–H and O–H groups in total. The van der Waals surface area contributed by atoms with Gasteiger partial charge in [-0.15, -0.1) is 0 Å². The Morgan fingerprint density at radius 3 is 2.27 bits per heavy atom. The van der Waals surface area contributed by atoms with E-state index in [0.29, 0.717) is 12.5 Å². The Morgan fingerprint density at radius 1 is 1.12 bits per heavy atom. The van der Waals surface area contributed by atoms with Crippen molar-refractivity contribution in [3.63, 3.8) is 0 Å². The van der Waals surface area contributed by atoms with Crippen LogP contribution in [-0.4, -0.2) is 48.2 Å². The zero-order valence-electron chi connectivity index (χ0n) is 16.5. The number of hydrogen-bond acceptors (Lipinski definition) is 3. The number of rotatable bonds is 10. The van der Waals surface area contributed by atoms with E-state index in [4.69, 9.17) is 5.11 Å². The summed E-state index contributed by atoms with van der Waals surface area (Å²) in [5.41, 5.74) is 1.21. The van der Waals surface area contributed by atoms with Crippen molar-refractivity contribution in [2.75, 3.05) is 20.1 Å². The summed E-state index contributed by atoms with van der Waals surface area (Å²) in [7, 11) is 1.62. The van der Waals surface area contributed by atoms with Gasteiger partial charge in [-0.3, -0.25) is 4.79 Å². The Labute approximate surface area is 157 Å². The van der Waals surface area contributed by atoms with Crippen molar-refractivity contribution >= 4 is 12.0 Å². The molecule has 0 aliphatic carbocycles. The number of carboxylic acids is 1. The van der Waals surface area contributed by atoms with Gasteiger partial charge < -0.3 is 20.6 Å². The van der Waals surface area contributed by atoms with Crippen molar-refractivity contribution in [2.45, 2.75) is 46.2 Å². The fraction of sp³-hybridized carbons (Fsp3) is 0.600. The highest BCUT2D eigenvalue weighted by Crippen LogP contribution is 2.14. The molecule has 26 heavy (non-hydrogen) atoms. The molecule has 6 nitrogen and oxygen atoms in total. The first-order valence-electron chi connectivity index (χ1n) is 9.23. The third-order valence-corrected chi connectivity index (χ3v) is 4.36. The molecule has 0 aromatic heterocycles. The fourth-order valence-electron chi connectivity index (χ4n) is 2.89. The number of aliphatic carboxylic acids is 1. The number of carbonyl (C=O) groups is 2. The van der Waals surface area contributed by atoms with Crippen LogP contribution < -0.4 is 10.6 Å². The van der Waals surface area contributed by atoms with Gasteiger partial charge in [0.05, 0.1) is 5.92 Å². The summed E-state index contributed by atoms with van der Waals surface area (Å²) < 4.78 is 0. The highest BCUT2D eigenvalue weighted by molar-refractivity contribution is 5.75. The predicted molar refractivity (Wildman–Crippen MR) is 104 cm³/mol. The first-order valence-corrected chi connectivity index (χ1v) is 9.23. The van der Waals surface area contributed by atoms with Crippen molar-refractivity contribution in [2.24, 2.45) is 11.8 Å². The Morgan fingerprint density at radius 2 is 1.73 bits per heavy atom. The molecule has 0 fully saturated rings. The molecule has 0 saturated heterocycles. The molecular formula is C20H33N3O3. The summed E-state index contributed by atoms with van der Waals surface area (Å²) in [5.74, 6) is -0.994. The molecular weight excluding hydrogens is 330 g/mol. The molecule has 0 aliphatic heterocycles. The molecule has 0 spiro atoms. The number of urea groups is 1. The molecule has 0 saturated carbocycles. The van der Waals surface area contributed by atoms with Crippen LogP contribution in [0.25, 0.3) is 0 Å². The molecule has 3 atom stereocenters. The maximum Gasteiger partial charge on any atom is 0.317 e. The molecule has 3 unspecified atom stereocenters. The lowest BCUT2D eigenvalue weighted by molar-refractivity contribution is -0.141. The van der Waals surface area contributed by atoms with Crippen molar-refractivity contribution in [1.82, 2.24) is 15.5 Å². The minimum Gasteiger partial charge on any atom is -0.481 e. The van der Waals surface area contributed by atoms with Crippen LogP contribution in [-0.2, 0) is 4.79 Å². The van der Waals surface area contributed by atoms with Crippen molar-refractivity contribution in [3.8, 4) is 0 Å². The number of carbonyl (C=O) groups excluding carboxylic acids is 1. The second-order valence-electron chi connectivity index (χ2n) is 7.43. The molecule has 0 radical (unpaired) electrons. The molecule has 6 heteroatoms. The summed E-state index contributed by atoms with van der Waals surface area (Å²) in [4.78, 5) is 24.6. The van der Waals surface area contributed by atoms with Crippen molar-refractivity contribution in [3.05, 3.63) is 35.9 Å². The average molecular weight is 364 g/mol. The Balaban J connectivity index is 2.58. The lowest BCUT2D eigenvalue weighted by atomic mass is 10.0. The summed E-state index contributed by atoms with van der Waals surface area (Å²) in [6.07, 6.45) is 0.937. The average Bonchev–Trinajstić information content (AvgIpc) is 2.59. The molecule has 1 aromatic rings. The molecule has 0 heterocycles. The molecule has 0 bridgehead atoms. The SMILES string of the molecule is CC(C)CC(CNC(=O)N(C)CC(C)C(=O)O)NC(C)c1ccccc1. The smallest absolute Gasteiger partial charge is 0.317 e. The lowest BCUT2D eigenvalue weighted by Crippen LogP contribution is -2.47. The zero-order chi connectivity index (χ0) is 19.7. The Hall–Kier alpha value is -2.08. The van der Waals surface area contributed by atoms with Crippen LogP contribution in [0, 0.1) is 11.8 Å². The highest BCUT2D eigenvalue weighted by Gasteiger charge is 2.19. The minimum atomic E-state index is -0.902. The van der Waals surface area contributed by atoms with Crippen LogP contribution in [0.5, 0.6) is 0 Å². The van der Waals surface area contributed by atoms with E-state index in [0.717, 1.165) is 6.42 Å². The van der Waals surface area contributed by atoms with E-state index in [-0.39, 0.29) is 24.7 Å². The van der Waals surface area contributed by atoms with E-state index >= 15 is 0 Å². The first kappa shape index (κ1) is 22.0. The van der Waals surface area contributed by atoms with Crippen LogP contribution in [0.1, 0.15) is 45.7 Å². The van der Waals surface area contributed by atoms with Gasteiger partial charge in [0.2, 0.25) is 0 Å². The number of benzene rings is 1. The van der Waals surface area contributed by atoms with Gasteiger partial charge in [-0.2, -0.15) is 0 Å². The van der Waals surface area contributed by atoms with Crippen molar-refractivity contribution in [1.29, 1.82) is 0 Å². The first-order chi connectivity index (χ1) is 12.2. The molecule has 2 amide bonds. The van der Waals surface area contributed by atoms with Gasteiger partial charge in [-0.25, -0.2) is 4.79 Å². The zero-order valence-corrected chi connectivity index (χ0v) is 16.5. The maximum absolute atomic E-state index is 12.2. The Bertz CT molecular complexity index is 563. The summed E-state index contributed by atoms with van der Waals surface area (Å²) >= 11 is 0. The predicted octanol–water partition coefficient (Wildman–Crippen LogP) is 3.11. The number of nitrogens with one attached hydrogen (secondary N) is 2. The van der Waals surface area contributed by atoms with Gasteiger partial charge in [0, 0.05) is 32.2 Å². The van der Waals surface area contributed by atoms with Crippen LogP contribution in [0.3, 0.4) is 0 Å². The van der Waals surface area contributed by atoms with Gasteiger partial charge in [0.25, 0.3) is 0 Å². The summed E-state index contributed by atoms with van der Waals surface area (Å²) in [5, 5.41) is 15.5. The van der Waals surface area contributed by atoms with Crippen LogP contribution >= 0.6 is 0 Å². The van der Waals surface area contributed by atoms with E-state index < -0.39 is 11.9 Å². The molecule has 0 aliphatic rings. The molecule has 146 valence electrons. The van der Waals surface area contributed by atoms with Gasteiger partial charge in [-0.05, 0) is 24.8 Å². The van der Waals surface area contributed by atoms with E-state index in [9.17, 15) is 9.59 Å². The van der Waals surface area contributed by atoms with Gasteiger partial charge in [0.1, 0.15) is 0 Å².